The van der Waals surface area contributed by atoms with Crippen molar-refractivity contribution in [2.45, 2.75) is 13.8 Å². The van der Waals surface area contributed by atoms with E-state index in [-0.39, 0.29) is 18.4 Å². The van der Waals surface area contributed by atoms with E-state index in [9.17, 15) is 9.59 Å². The lowest BCUT2D eigenvalue weighted by atomic mass is 10.1. The van der Waals surface area contributed by atoms with Gasteiger partial charge in [-0.3, -0.25) is 9.59 Å². The van der Waals surface area contributed by atoms with Gasteiger partial charge >= 0.3 is 0 Å². The highest BCUT2D eigenvalue weighted by molar-refractivity contribution is 6.04. The number of hydrogen-bond acceptors (Lipinski definition) is 3. The largest absolute Gasteiger partial charge is 0.484 e. The van der Waals surface area contributed by atoms with Crippen LogP contribution in [-0.4, -0.2) is 18.4 Å². The molecular weight excluding hydrogens is 352 g/mol. The second kappa shape index (κ2) is 8.86. The average molecular weight is 374 g/mol. The maximum atomic E-state index is 12.2. The number of anilines is 2. The fourth-order valence-electron chi connectivity index (χ4n) is 2.62. The number of amides is 2. The van der Waals surface area contributed by atoms with Gasteiger partial charge in [0, 0.05) is 16.9 Å². The Bertz CT molecular complexity index is 984. The van der Waals surface area contributed by atoms with E-state index < -0.39 is 0 Å². The topological polar surface area (TPSA) is 67.4 Å². The highest BCUT2D eigenvalue weighted by Crippen LogP contribution is 2.18. The van der Waals surface area contributed by atoms with Crippen LogP contribution >= 0.6 is 0 Å². The maximum absolute atomic E-state index is 12.2. The number of rotatable bonds is 6. The number of benzene rings is 3. The number of hydrogen-bond donors (Lipinski definition) is 2. The third kappa shape index (κ3) is 5.20. The van der Waals surface area contributed by atoms with Crippen LogP contribution < -0.4 is 15.4 Å². The summed E-state index contributed by atoms with van der Waals surface area (Å²) in [6.45, 7) is 3.93. The first-order valence-electron chi connectivity index (χ1n) is 8.97. The van der Waals surface area contributed by atoms with E-state index in [2.05, 4.69) is 10.6 Å². The Labute approximate surface area is 164 Å². The monoisotopic (exact) mass is 374 g/mol. The summed E-state index contributed by atoms with van der Waals surface area (Å²) in [5, 5.41) is 5.60. The summed E-state index contributed by atoms with van der Waals surface area (Å²) in [4.78, 5) is 24.4. The molecule has 28 heavy (non-hydrogen) atoms. The van der Waals surface area contributed by atoms with Gasteiger partial charge in [-0.1, -0.05) is 30.3 Å². The van der Waals surface area contributed by atoms with Crippen LogP contribution in [0.2, 0.25) is 0 Å². The van der Waals surface area contributed by atoms with Gasteiger partial charge in [0.2, 0.25) is 0 Å². The fourth-order valence-corrected chi connectivity index (χ4v) is 2.62. The predicted octanol–water partition coefficient (Wildman–Crippen LogP) is 4.57. The minimum absolute atomic E-state index is 0.0941. The van der Waals surface area contributed by atoms with Crippen molar-refractivity contribution < 1.29 is 14.3 Å². The Kier molecular flexibility index (Phi) is 6.07. The SMILES string of the molecule is Cc1ccc(OCC(=O)Nc2cccc(NC(=O)c3ccccc3)c2)cc1C. The molecule has 0 bridgehead atoms. The van der Waals surface area contributed by atoms with E-state index in [0.717, 1.165) is 5.56 Å². The summed E-state index contributed by atoms with van der Waals surface area (Å²) >= 11 is 0. The molecule has 2 N–H and O–H groups in total. The molecule has 5 nitrogen and oxygen atoms in total. The fraction of sp³-hybridized carbons (Fsp3) is 0.130. The molecule has 142 valence electrons. The van der Waals surface area contributed by atoms with Crippen LogP contribution in [-0.2, 0) is 4.79 Å². The van der Waals surface area contributed by atoms with Crippen LogP contribution in [0.5, 0.6) is 5.75 Å². The molecule has 0 aromatic heterocycles. The quantitative estimate of drug-likeness (QED) is 0.664. The highest BCUT2D eigenvalue weighted by Gasteiger charge is 2.08. The van der Waals surface area contributed by atoms with Gasteiger partial charge in [0.15, 0.2) is 6.61 Å². The summed E-state index contributed by atoms with van der Waals surface area (Å²) in [5.74, 6) is 0.175. The van der Waals surface area contributed by atoms with Crippen LogP contribution in [0.25, 0.3) is 0 Å². The molecule has 0 unspecified atom stereocenters. The second-order valence-corrected chi connectivity index (χ2v) is 6.48. The average Bonchev–Trinajstić information content (AvgIpc) is 2.70. The minimum atomic E-state index is -0.273. The van der Waals surface area contributed by atoms with Crippen molar-refractivity contribution in [2.24, 2.45) is 0 Å². The van der Waals surface area contributed by atoms with Gasteiger partial charge in [0.25, 0.3) is 11.8 Å². The standard InChI is InChI=1S/C23H22N2O3/c1-16-11-12-21(13-17(16)2)28-15-22(26)24-19-9-6-10-20(14-19)25-23(27)18-7-4-3-5-8-18/h3-14H,15H2,1-2H3,(H,24,26)(H,25,27). The van der Waals surface area contributed by atoms with Gasteiger partial charge in [0.05, 0.1) is 0 Å². The molecule has 3 rings (SSSR count). The van der Waals surface area contributed by atoms with Crippen LogP contribution in [0.3, 0.4) is 0 Å². The number of aryl methyl sites for hydroxylation is 2. The number of carbonyl (C=O) groups excluding carboxylic acids is 2. The molecule has 3 aromatic rings. The van der Waals surface area contributed by atoms with Crippen molar-refractivity contribution in [3.63, 3.8) is 0 Å². The van der Waals surface area contributed by atoms with Crippen LogP contribution in [0.15, 0.2) is 72.8 Å². The van der Waals surface area contributed by atoms with E-state index >= 15 is 0 Å². The Balaban J connectivity index is 1.57. The van der Waals surface area contributed by atoms with Crippen LogP contribution in [0.1, 0.15) is 21.5 Å². The molecular formula is C23H22N2O3. The Morgan fingerprint density at radius 1 is 0.786 bits per heavy atom. The van der Waals surface area contributed by atoms with E-state index in [1.54, 1.807) is 48.5 Å². The number of nitrogens with one attached hydrogen (secondary N) is 2. The number of ether oxygens (including phenoxy) is 1. The van der Waals surface area contributed by atoms with Crippen molar-refractivity contribution in [1.82, 2.24) is 0 Å². The summed E-state index contributed by atoms with van der Waals surface area (Å²) in [5.41, 5.74) is 4.03. The van der Waals surface area contributed by atoms with Crippen LogP contribution in [0.4, 0.5) is 11.4 Å². The van der Waals surface area contributed by atoms with Gasteiger partial charge in [0.1, 0.15) is 5.75 Å². The first kappa shape index (κ1) is 19.2. The van der Waals surface area contributed by atoms with Crippen molar-refractivity contribution in [3.8, 4) is 5.75 Å². The normalized spacial score (nSPS) is 10.2. The van der Waals surface area contributed by atoms with Crippen LogP contribution in [0, 0.1) is 13.8 Å². The molecule has 0 radical (unpaired) electrons. The minimum Gasteiger partial charge on any atom is -0.484 e. The lowest BCUT2D eigenvalue weighted by Gasteiger charge is -2.10. The molecule has 0 aliphatic rings. The van der Waals surface area contributed by atoms with Gasteiger partial charge in [-0.25, -0.2) is 0 Å². The molecule has 0 saturated heterocycles. The second-order valence-electron chi connectivity index (χ2n) is 6.48. The predicted molar refractivity (Wildman–Crippen MR) is 111 cm³/mol. The summed E-state index contributed by atoms with van der Waals surface area (Å²) in [7, 11) is 0. The zero-order valence-electron chi connectivity index (χ0n) is 15.9. The van der Waals surface area contributed by atoms with Crippen molar-refractivity contribution in [2.75, 3.05) is 17.2 Å². The maximum Gasteiger partial charge on any atom is 0.262 e. The summed E-state index contributed by atoms with van der Waals surface area (Å²) < 4.78 is 5.55. The van der Waals surface area contributed by atoms with Crippen molar-refractivity contribution in [1.29, 1.82) is 0 Å². The van der Waals surface area contributed by atoms with Gasteiger partial charge in [-0.15, -0.1) is 0 Å². The molecule has 0 atom stereocenters. The highest BCUT2D eigenvalue weighted by atomic mass is 16.5. The van der Waals surface area contributed by atoms with E-state index in [1.165, 1.54) is 5.56 Å². The molecule has 0 spiro atoms. The smallest absolute Gasteiger partial charge is 0.262 e. The molecule has 0 aliphatic heterocycles. The third-order valence-corrected chi connectivity index (χ3v) is 4.29. The molecule has 0 fully saturated rings. The molecule has 0 aliphatic carbocycles. The van der Waals surface area contributed by atoms with Gasteiger partial charge < -0.3 is 15.4 Å². The zero-order valence-corrected chi connectivity index (χ0v) is 15.9. The lowest BCUT2D eigenvalue weighted by Crippen LogP contribution is -2.20. The lowest BCUT2D eigenvalue weighted by molar-refractivity contribution is -0.118. The van der Waals surface area contributed by atoms with Gasteiger partial charge in [-0.2, -0.15) is 0 Å². The Morgan fingerprint density at radius 3 is 2.21 bits per heavy atom. The molecule has 3 aromatic carbocycles. The Morgan fingerprint density at radius 2 is 1.50 bits per heavy atom. The molecule has 0 saturated carbocycles. The Hall–Kier alpha value is -3.60. The zero-order chi connectivity index (χ0) is 19.9. The number of carbonyl (C=O) groups is 2. The first-order valence-corrected chi connectivity index (χ1v) is 8.97. The van der Waals surface area contributed by atoms with E-state index in [1.807, 2.05) is 38.1 Å². The third-order valence-electron chi connectivity index (χ3n) is 4.29. The molecule has 2 amide bonds. The molecule has 5 heteroatoms. The first-order chi connectivity index (χ1) is 13.5. The summed E-state index contributed by atoms with van der Waals surface area (Å²) in [6.07, 6.45) is 0. The van der Waals surface area contributed by atoms with E-state index in [4.69, 9.17) is 4.74 Å². The van der Waals surface area contributed by atoms with Crippen molar-refractivity contribution in [3.05, 3.63) is 89.5 Å². The molecule has 0 heterocycles. The van der Waals surface area contributed by atoms with E-state index in [0.29, 0.717) is 22.7 Å². The van der Waals surface area contributed by atoms with Crippen molar-refractivity contribution >= 4 is 23.2 Å². The summed E-state index contributed by atoms with van der Waals surface area (Å²) in [6, 6.07) is 21.6. The van der Waals surface area contributed by atoms with Gasteiger partial charge in [-0.05, 0) is 67.4 Å².